The first-order chi connectivity index (χ1) is 25.8. The standard InChI is InChI=1S/C21H20N2O5.C19H16N2O5/c1-3-28-17(24)12-22-20(26)18-19(25)15-11-14(13-7-5-4-6-8-13)9-10-16(15)23(2)21(18)27;1-21-14-8-7-12(11-5-3-2-4-6-11)9-13(14)17(24)16(19(21)26)18(25)20-10-15(22)23/h4-11,25H,3,12H2,1-2H3,(H,22,26);2-9,24H,10H2,1H3,(H,20,25)(H,22,23). The fourth-order valence-corrected chi connectivity index (χ4v) is 5.79. The van der Waals surface area contributed by atoms with Crippen LogP contribution in [0.3, 0.4) is 0 Å². The van der Waals surface area contributed by atoms with E-state index in [1.54, 1.807) is 31.2 Å². The van der Waals surface area contributed by atoms with Crippen molar-refractivity contribution < 1.29 is 39.2 Å². The molecule has 0 radical (unpaired) electrons. The van der Waals surface area contributed by atoms with E-state index in [4.69, 9.17) is 9.84 Å². The smallest absolute Gasteiger partial charge is 0.325 e. The molecule has 0 unspecified atom stereocenters. The SMILES string of the molecule is CCOC(=O)CNC(=O)c1c(O)c2cc(-c3ccccc3)ccc2n(C)c1=O.Cn1c(=O)c(C(=O)NCC(=O)O)c(O)c2cc(-c3ccccc3)ccc21. The molecule has 14 heteroatoms. The van der Waals surface area contributed by atoms with Gasteiger partial charge in [-0.1, -0.05) is 72.8 Å². The Hall–Kier alpha value is -7.22. The van der Waals surface area contributed by atoms with Crippen LogP contribution in [0.1, 0.15) is 27.6 Å². The molecular formula is C40H36N4O10. The number of aromatic nitrogens is 2. The van der Waals surface area contributed by atoms with Crippen LogP contribution in [0.4, 0.5) is 0 Å². The molecule has 0 aliphatic carbocycles. The summed E-state index contributed by atoms with van der Waals surface area (Å²) < 4.78 is 7.29. The number of aryl methyl sites for hydroxylation is 2. The van der Waals surface area contributed by atoms with Gasteiger partial charge in [-0.05, 0) is 53.4 Å². The number of nitrogens with zero attached hydrogens (tertiary/aromatic N) is 2. The van der Waals surface area contributed by atoms with Gasteiger partial charge in [0.2, 0.25) is 0 Å². The first kappa shape index (κ1) is 38.0. The maximum atomic E-state index is 12.6. The fourth-order valence-electron chi connectivity index (χ4n) is 5.79. The molecule has 14 nitrogen and oxygen atoms in total. The van der Waals surface area contributed by atoms with E-state index < -0.39 is 70.6 Å². The number of carboxylic acids is 1. The third-order valence-corrected chi connectivity index (χ3v) is 8.50. The van der Waals surface area contributed by atoms with Crippen molar-refractivity contribution >= 4 is 45.6 Å². The van der Waals surface area contributed by atoms with Crippen molar-refractivity contribution in [3.05, 3.63) is 129 Å². The molecule has 0 bridgehead atoms. The zero-order valence-corrected chi connectivity index (χ0v) is 29.5. The first-order valence-corrected chi connectivity index (χ1v) is 16.6. The molecule has 0 saturated heterocycles. The van der Waals surface area contributed by atoms with E-state index in [0.717, 1.165) is 22.3 Å². The second kappa shape index (κ2) is 16.4. The number of aromatic hydroxyl groups is 2. The number of carboxylic acid groups (broad SMARTS) is 1. The van der Waals surface area contributed by atoms with Crippen molar-refractivity contribution in [1.82, 2.24) is 19.8 Å². The van der Waals surface area contributed by atoms with Crippen molar-refractivity contribution in [2.75, 3.05) is 19.7 Å². The molecular weight excluding hydrogens is 696 g/mol. The zero-order chi connectivity index (χ0) is 39.1. The minimum atomic E-state index is -1.25. The summed E-state index contributed by atoms with van der Waals surface area (Å²) in [6.45, 7) is 0.787. The number of carbonyl (C=O) groups is 4. The summed E-state index contributed by atoms with van der Waals surface area (Å²) >= 11 is 0. The fraction of sp³-hybridized carbons (Fsp3) is 0.150. The topological polar surface area (TPSA) is 206 Å². The molecule has 5 N–H and O–H groups in total. The van der Waals surface area contributed by atoms with E-state index in [-0.39, 0.29) is 6.61 Å². The van der Waals surface area contributed by atoms with Crippen molar-refractivity contribution in [3.63, 3.8) is 0 Å². The molecule has 0 saturated carbocycles. The van der Waals surface area contributed by atoms with Gasteiger partial charge in [-0.25, -0.2) is 0 Å². The Kier molecular flexibility index (Phi) is 11.6. The van der Waals surface area contributed by atoms with Crippen molar-refractivity contribution in [1.29, 1.82) is 0 Å². The van der Waals surface area contributed by atoms with Crippen LogP contribution in [0.25, 0.3) is 44.1 Å². The molecule has 0 aliphatic heterocycles. The molecule has 6 aromatic rings. The highest BCUT2D eigenvalue weighted by Gasteiger charge is 2.23. The predicted molar refractivity (Wildman–Crippen MR) is 202 cm³/mol. The van der Waals surface area contributed by atoms with E-state index in [9.17, 15) is 39.0 Å². The lowest BCUT2D eigenvalue weighted by Gasteiger charge is -2.13. The Balaban J connectivity index is 0.000000208. The second-order valence-corrected chi connectivity index (χ2v) is 11.9. The normalized spacial score (nSPS) is 10.6. The maximum Gasteiger partial charge on any atom is 0.325 e. The van der Waals surface area contributed by atoms with Gasteiger partial charge in [0.05, 0.1) is 17.6 Å². The number of benzene rings is 4. The predicted octanol–water partition coefficient (Wildman–Crippen LogP) is 3.93. The van der Waals surface area contributed by atoms with Crippen LogP contribution in [0.2, 0.25) is 0 Å². The van der Waals surface area contributed by atoms with Crippen LogP contribution in [0.15, 0.2) is 107 Å². The summed E-state index contributed by atoms with van der Waals surface area (Å²) in [5, 5.41) is 35.0. The lowest BCUT2D eigenvalue weighted by atomic mass is 10.0. The van der Waals surface area contributed by atoms with Gasteiger partial charge in [0, 0.05) is 24.9 Å². The number of esters is 1. The number of nitrogens with one attached hydrogen (secondary N) is 2. The number of aliphatic carboxylic acids is 1. The molecule has 54 heavy (non-hydrogen) atoms. The van der Waals surface area contributed by atoms with Gasteiger partial charge in [-0.3, -0.25) is 28.8 Å². The van der Waals surface area contributed by atoms with E-state index in [1.165, 1.54) is 23.2 Å². The number of carbonyl (C=O) groups excluding carboxylic acids is 3. The van der Waals surface area contributed by atoms with Crippen LogP contribution < -0.4 is 21.8 Å². The lowest BCUT2D eigenvalue weighted by Crippen LogP contribution is -2.35. The van der Waals surface area contributed by atoms with E-state index >= 15 is 0 Å². The summed E-state index contributed by atoms with van der Waals surface area (Å²) in [6, 6.07) is 29.5. The summed E-state index contributed by atoms with van der Waals surface area (Å²) in [5.74, 6) is -4.53. The number of ether oxygens (including phenoxy) is 1. The van der Waals surface area contributed by atoms with Crippen LogP contribution in [0, 0.1) is 0 Å². The van der Waals surface area contributed by atoms with Crippen molar-refractivity contribution in [2.45, 2.75) is 6.92 Å². The molecule has 0 spiro atoms. The molecule has 0 aliphatic rings. The average molecular weight is 733 g/mol. The van der Waals surface area contributed by atoms with E-state index in [0.29, 0.717) is 21.8 Å². The second-order valence-electron chi connectivity index (χ2n) is 11.9. The van der Waals surface area contributed by atoms with E-state index in [2.05, 4.69) is 10.6 Å². The number of rotatable bonds is 9. The molecule has 2 heterocycles. The van der Waals surface area contributed by atoms with Crippen LogP contribution >= 0.6 is 0 Å². The number of fused-ring (bicyclic) bond motifs is 2. The summed E-state index contributed by atoms with van der Waals surface area (Å²) in [4.78, 5) is 71.8. The molecule has 0 atom stereocenters. The monoisotopic (exact) mass is 732 g/mol. The van der Waals surface area contributed by atoms with Gasteiger partial charge >= 0.3 is 11.9 Å². The molecule has 4 aromatic carbocycles. The minimum Gasteiger partial charge on any atom is -0.506 e. The largest absolute Gasteiger partial charge is 0.506 e. The number of hydrogen-bond donors (Lipinski definition) is 5. The Morgan fingerprint density at radius 1 is 0.611 bits per heavy atom. The van der Waals surface area contributed by atoms with Crippen molar-refractivity contribution in [3.8, 4) is 33.8 Å². The van der Waals surface area contributed by atoms with Gasteiger partial charge in [0.1, 0.15) is 35.7 Å². The summed E-state index contributed by atoms with van der Waals surface area (Å²) in [7, 11) is 3.01. The van der Waals surface area contributed by atoms with Gasteiger partial charge in [0.15, 0.2) is 0 Å². The molecule has 2 aromatic heterocycles. The Morgan fingerprint density at radius 2 is 1.02 bits per heavy atom. The number of hydrogen-bond acceptors (Lipinski definition) is 9. The molecule has 0 fully saturated rings. The Bertz CT molecular complexity index is 2530. The van der Waals surface area contributed by atoms with Gasteiger partial charge in [0.25, 0.3) is 22.9 Å². The third kappa shape index (κ3) is 7.97. The lowest BCUT2D eigenvalue weighted by molar-refractivity contribution is -0.141. The van der Waals surface area contributed by atoms with Gasteiger partial charge < -0.3 is 39.8 Å². The van der Waals surface area contributed by atoms with Crippen LogP contribution in [0.5, 0.6) is 11.5 Å². The van der Waals surface area contributed by atoms with E-state index in [1.807, 2.05) is 72.8 Å². The maximum absolute atomic E-state index is 12.6. The highest BCUT2D eigenvalue weighted by molar-refractivity contribution is 6.05. The summed E-state index contributed by atoms with van der Waals surface area (Å²) in [6.07, 6.45) is 0. The van der Waals surface area contributed by atoms with Crippen LogP contribution in [-0.2, 0) is 28.4 Å². The van der Waals surface area contributed by atoms with Gasteiger partial charge in [-0.2, -0.15) is 0 Å². The highest BCUT2D eigenvalue weighted by atomic mass is 16.5. The average Bonchev–Trinajstić information content (AvgIpc) is 3.18. The Morgan fingerprint density at radius 3 is 1.41 bits per heavy atom. The first-order valence-electron chi connectivity index (χ1n) is 16.6. The quantitative estimate of drug-likeness (QED) is 0.135. The molecule has 6 rings (SSSR count). The third-order valence-electron chi connectivity index (χ3n) is 8.50. The molecule has 2 amide bonds. The Labute approximate surface area is 307 Å². The minimum absolute atomic E-state index is 0.181. The van der Waals surface area contributed by atoms with Gasteiger partial charge in [-0.15, -0.1) is 0 Å². The number of pyridine rings is 2. The highest BCUT2D eigenvalue weighted by Crippen LogP contribution is 2.32. The van der Waals surface area contributed by atoms with Crippen molar-refractivity contribution in [2.24, 2.45) is 14.1 Å². The zero-order valence-electron chi connectivity index (χ0n) is 29.5. The molecule has 276 valence electrons. The van der Waals surface area contributed by atoms with Crippen LogP contribution in [-0.4, -0.2) is 67.9 Å². The number of amides is 2. The summed E-state index contributed by atoms with van der Waals surface area (Å²) in [5.41, 5.74) is 2.20.